The highest BCUT2D eigenvalue weighted by molar-refractivity contribution is 7.07. The van der Waals surface area contributed by atoms with Gasteiger partial charge in [-0.05, 0) is 75.6 Å². The average Bonchev–Trinajstić information content (AvgIpc) is 3.14. The minimum absolute atomic E-state index is 0.0803. The molecule has 0 N–H and O–H groups in total. The van der Waals surface area contributed by atoms with Crippen LogP contribution in [-0.4, -0.2) is 30.4 Å². The van der Waals surface area contributed by atoms with E-state index < -0.39 is 12.0 Å². The van der Waals surface area contributed by atoms with E-state index in [-0.39, 0.29) is 18.3 Å². The number of aromatic nitrogens is 1. The fraction of sp³-hybridized carbons (Fsp3) is 0.321. The highest BCUT2D eigenvalue weighted by Gasteiger charge is 2.33. The number of nitrogens with zero attached hydrogens (tertiary/aromatic N) is 2. The van der Waals surface area contributed by atoms with Crippen LogP contribution in [0.2, 0.25) is 0 Å². The predicted octanol–water partition coefficient (Wildman–Crippen LogP) is 3.90. The van der Waals surface area contributed by atoms with Crippen molar-refractivity contribution in [2.75, 3.05) is 13.7 Å². The molecule has 0 radical (unpaired) electrons. The highest BCUT2D eigenvalue weighted by Crippen LogP contribution is 2.33. The van der Waals surface area contributed by atoms with Crippen LogP contribution >= 0.6 is 11.3 Å². The second-order valence-electron chi connectivity index (χ2n) is 8.77. The first kappa shape index (κ1) is 25.4. The number of benzene rings is 2. The van der Waals surface area contributed by atoms with Gasteiger partial charge >= 0.3 is 5.97 Å². The summed E-state index contributed by atoms with van der Waals surface area (Å²) in [7, 11) is 1.60. The molecule has 1 aliphatic heterocycles. The van der Waals surface area contributed by atoms with Crippen LogP contribution in [0.15, 0.2) is 63.5 Å². The van der Waals surface area contributed by atoms with Crippen molar-refractivity contribution in [2.45, 2.75) is 46.8 Å². The normalized spacial score (nSPS) is 15.5. The number of carbonyl (C=O) groups excluding carboxylic acids is 1. The van der Waals surface area contributed by atoms with Crippen molar-refractivity contribution < 1.29 is 19.0 Å². The van der Waals surface area contributed by atoms with E-state index in [1.54, 1.807) is 25.5 Å². The second kappa shape index (κ2) is 10.5. The summed E-state index contributed by atoms with van der Waals surface area (Å²) < 4.78 is 18.7. The van der Waals surface area contributed by atoms with E-state index in [1.165, 1.54) is 11.3 Å². The molecule has 36 heavy (non-hydrogen) atoms. The molecule has 8 heteroatoms. The van der Waals surface area contributed by atoms with Crippen LogP contribution in [0, 0.1) is 6.92 Å². The van der Waals surface area contributed by atoms with E-state index in [1.807, 2.05) is 69.3 Å². The summed E-state index contributed by atoms with van der Waals surface area (Å²) in [5.41, 5.74) is 3.22. The Bertz CT molecular complexity index is 1500. The monoisotopic (exact) mass is 506 g/mol. The van der Waals surface area contributed by atoms with Gasteiger partial charge in [-0.25, -0.2) is 9.79 Å². The lowest BCUT2D eigenvalue weighted by Gasteiger charge is -2.25. The van der Waals surface area contributed by atoms with Gasteiger partial charge < -0.3 is 14.2 Å². The number of esters is 1. The number of thiazole rings is 1. The standard InChI is InChI=1S/C28H30N2O5S/c1-7-34-27(32)24-18(5)29-28-30(25(24)20-11-8-17(4)22(15-20)33-6)26(31)23(36-28)14-19-9-12-21(13-10-19)35-16(2)3/h8-16,25H,7H2,1-6H3/b23-14+/t25-/m1/s1. The topological polar surface area (TPSA) is 79.1 Å². The van der Waals surface area contributed by atoms with Crippen LogP contribution in [0.5, 0.6) is 11.5 Å². The van der Waals surface area contributed by atoms with Crippen molar-refractivity contribution in [3.05, 3.63) is 90.1 Å². The van der Waals surface area contributed by atoms with Gasteiger partial charge in [0.2, 0.25) is 0 Å². The molecular formula is C28H30N2O5S. The molecule has 1 atom stereocenters. The number of rotatable bonds is 7. The SMILES string of the molecule is CCOC(=O)C1=C(C)N=c2s/c(=C/c3ccc(OC(C)C)cc3)c(=O)n2[C@@H]1c1ccc(C)c(OC)c1. The van der Waals surface area contributed by atoms with E-state index >= 15 is 0 Å². The molecule has 0 bridgehead atoms. The van der Waals surface area contributed by atoms with Crippen LogP contribution in [0.3, 0.4) is 0 Å². The fourth-order valence-corrected chi connectivity index (χ4v) is 5.23. The minimum Gasteiger partial charge on any atom is -0.496 e. The molecular weight excluding hydrogens is 476 g/mol. The molecule has 0 fully saturated rings. The van der Waals surface area contributed by atoms with Crippen LogP contribution < -0.4 is 24.4 Å². The Hall–Kier alpha value is -3.65. The molecule has 1 aromatic heterocycles. The van der Waals surface area contributed by atoms with Crippen LogP contribution in [0.25, 0.3) is 6.08 Å². The Morgan fingerprint density at radius 1 is 1.17 bits per heavy atom. The number of carbonyl (C=O) groups is 1. The molecule has 0 saturated heterocycles. The number of ether oxygens (including phenoxy) is 3. The minimum atomic E-state index is -0.682. The maximum atomic E-state index is 13.7. The number of aryl methyl sites for hydroxylation is 1. The van der Waals surface area contributed by atoms with Crippen molar-refractivity contribution in [3.8, 4) is 11.5 Å². The average molecular weight is 507 g/mol. The summed E-state index contributed by atoms with van der Waals surface area (Å²) in [6.45, 7) is 9.64. The van der Waals surface area contributed by atoms with Gasteiger partial charge in [-0.3, -0.25) is 9.36 Å². The van der Waals surface area contributed by atoms with Gasteiger partial charge in [-0.2, -0.15) is 0 Å². The summed E-state index contributed by atoms with van der Waals surface area (Å²) in [5, 5.41) is 0. The van der Waals surface area contributed by atoms with E-state index in [4.69, 9.17) is 14.2 Å². The highest BCUT2D eigenvalue weighted by atomic mass is 32.1. The van der Waals surface area contributed by atoms with Crippen LogP contribution in [-0.2, 0) is 9.53 Å². The lowest BCUT2D eigenvalue weighted by Crippen LogP contribution is -2.40. The first-order chi connectivity index (χ1) is 17.2. The molecule has 3 aromatic rings. The zero-order chi connectivity index (χ0) is 26.0. The maximum absolute atomic E-state index is 13.7. The van der Waals surface area contributed by atoms with Crippen LogP contribution in [0.4, 0.5) is 0 Å². The van der Waals surface area contributed by atoms with Gasteiger partial charge in [-0.1, -0.05) is 35.6 Å². The molecule has 4 rings (SSSR count). The molecule has 2 heterocycles. The summed E-state index contributed by atoms with van der Waals surface area (Å²) in [4.78, 5) is 31.9. The quantitative estimate of drug-likeness (QED) is 0.454. The Morgan fingerprint density at radius 3 is 2.53 bits per heavy atom. The first-order valence-corrected chi connectivity index (χ1v) is 12.7. The van der Waals surface area contributed by atoms with Gasteiger partial charge in [0, 0.05) is 0 Å². The van der Waals surface area contributed by atoms with Crippen LogP contribution in [0.1, 0.15) is 50.4 Å². The Kier molecular flexibility index (Phi) is 7.45. The van der Waals surface area contributed by atoms with Crippen molar-refractivity contribution in [3.63, 3.8) is 0 Å². The number of allylic oxidation sites excluding steroid dienone is 1. The summed E-state index contributed by atoms with van der Waals surface area (Å²) in [5.74, 6) is 0.959. The Balaban J connectivity index is 1.88. The van der Waals surface area contributed by atoms with E-state index in [0.717, 1.165) is 22.4 Å². The summed E-state index contributed by atoms with van der Waals surface area (Å²) in [6.07, 6.45) is 1.91. The van der Waals surface area contributed by atoms with Crippen molar-refractivity contribution >= 4 is 23.4 Å². The molecule has 7 nitrogen and oxygen atoms in total. The number of hydrogen-bond acceptors (Lipinski definition) is 7. The molecule has 0 unspecified atom stereocenters. The molecule has 1 aliphatic rings. The van der Waals surface area contributed by atoms with E-state index in [2.05, 4.69) is 4.99 Å². The van der Waals surface area contributed by atoms with Crippen molar-refractivity contribution in [1.82, 2.24) is 4.57 Å². The number of methoxy groups -OCH3 is 1. The molecule has 0 spiro atoms. The smallest absolute Gasteiger partial charge is 0.338 e. The largest absolute Gasteiger partial charge is 0.496 e. The van der Waals surface area contributed by atoms with Gasteiger partial charge in [0.1, 0.15) is 11.5 Å². The summed E-state index contributed by atoms with van der Waals surface area (Å²) in [6, 6.07) is 12.6. The zero-order valence-electron chi connectivity index (χ0n) is 21.3. The lowest BCUT2D eigenvalue weighted by atomic mass is 9.95. The van der Waals surface area contributed by atoms with E-state index in [9.17, 15) is 9.59 Å². The fourth-order valence-electron chi connectivity index (χ4n) is 4.18. The third-order valence-electron chi connectivity index (χ3n) is 5.81. The molecule has 0 saturated carbocycles. The Morgan fingerprint density at radius 2 is 1.89 bits per heavy atom. The zero-order valence-corrected chi connectivity index (χ0v) is 22.1. The molecule has 0 amide bonds. The van der Waals surface area contributed by atoms with Gasteiger partial charge in [-0.15, -0.1) is 0 Å². The van der Waals surface area contributed by atoms with Crippen molar-refractivity contribution in [1.29, 1.82) is 0 Å². The van der Waals surface area contributed by atoms with Gasteiger partial charge in [0.15, 0.2) is 4.80 Å². The predicted molar refractivity (Wildman–Crippen MR) is 140 cm³/mol. The molecule has 2 aromatic carbocycles. The number of hydrogen-bond donors (Lipinski definition) is 0. The van der Waals surface area contributed by atoms with Gasteiger partial charge in [0.05, 0.1) is 41.7 Å². The molecule has 0 aliphatic carbocycles. The van der Waals surface area contributed by atoms with E-state index in [0.29, 0.717) is 26.4 Å². The Labute approximate surface area is 214 Å². The number of fused-ring (bicyclic) bond motifs is 1. The first-order valence-electron chi connectivity index (χ1n) is 11.8. The third-order valence-corrected chi connectivity index (χ3v) is 6.80. The van der Waals surface area contributed by atoms with Crippen molar-refractivity contribution in [2.24, 2.45) is 4.99 Å². The lowest BCUT2D eigenvalue weighted by molar-refractivity contribution is -0.139. The third kappa shape index (κ3) is 4.99. The second-order valence-corrected chi connectivity index (χ2v) is 9.78. The maximum Gasteiger partial charge on any atom is 0.338 e. The molecule has 188 valence electrons. The summed E-state index contributed by atoms with van der Waals surface area (Å²) >= 11 is 1.29. The van der Waals surface area contributed by atoms with Gasteiger partial charge in [0.25, 0.3) is 5.56 Å².